The van der Waals surface area contributed by atoms with Gasteiger partial charge in [-0.2, -0.15) is 5.10 Å². The van der Waals surface area contributed by atoms with E-state index in [1.165, 1.54) is 12.1 Å². The molecule has 3 aromatic carbocycles. The summed E-state index contributed by atoms with van der Waals surface area (Å²) in [6, 6.07) is 17.9. The summed E-state index contributed by atoms with van der Waals surface area (Å²) in [6.07, 6.45) is 0. The van der Waals surface area contributed by atoms with Crippen LogP contribution in [0.5, 0.6) is 0 Å². The summed E-state index contributed by atoms with van der Waals surface area (Å²) in [5.74, 6) is -0.328. The Bertz CT molecular complexity index is 1230. The first kappa shape index (κ1) is 17.2. The number of hydrogen-bond donors (Lipinski definition) is 2. The molecule has 5 nitrogen and oxygen atoms in total. The lowest BCUT2D eigenvalue weighted by Gasteiger charge is -2.10. The monoisotopic (exact) mass is 381 g/mol. The lowest BCUT2D eigenvalue weighted by atomic mass is 10.1. The van der Waals surface area contributed by atoms with Gasteiger partial charge < -0.3 is 0 Å². The number of anilines is 1. The van der Waals surface area contributed by atoms with E-state index in [-0.39, 0.29) is 10.7 Å². The van der Waals surface area contributed by atoms with E-state index in [9.17, 15) is 12.8 Å². The van der Waals surface area contributed by atoms with E-state index in [1.807, 2.05) is 0 Å². The summed E-state index contributed by atoms with van der Waals surface area (Å²) in [5, 5.41) is 7.93. The molecule has 0 atom stereocenters. The van der Waals surface area contributed by atoms with Crippen molar-refractivity contribution in [1.29, 1.82) is 0 Å². The van der Waals surface area contributed by atoms with Crippen molar-refractivity contribution in [2.24, 2.45) is 0 Å². The van der Waals surface area contributed by atoms with E-state index in [1.54, 1.807) is 61.5 Å². The third-order valence-electron chi connectivity index (χ3n) is 4.32. The Kier molecular flexibility index (Phi) is 4.16. The Morgan fingerprint density at radius 2 is 1.74 bits per heavy atom. The fraction of sp³-hybridized carbons (Fsp3) is 0.0500. The van der Waals surface area contributed by atoms with Crippen LogP contribution < -0.4 is 4.72 Å². The summed E-state index contributed by atoms with van der Waals surface area (Å²) < 4.78 is 41.2. The summed E-state index contributed by atoms with van der Waals surface area (Å²) >= 11 is 0. The largest absolute Gasteiger partial charge is 0.280 e. The number of H-pyrrole nitrogens is 1. The Balaban J connectivity index is 1.74. The summed E-state index contributed by atoms with van der Waals surface area (Å²) in [5.41, 5.74) is 3.22. The molecule has 7 heteroatoms. The molecule has 0 fully saturated rings. The van der Waals surface area contributed by atoms with Crippen molar-refractivity contribution in [3.63, 3.8) is 0 Å². The molecule has 0 unspecified atom stereocenters. The van der Waals surface area contributed by atoms with Crippen LogP contribution >= 0.6 is 0 Å². The van der Waals surface area contributed by atoms with Gasteiger partial charge in [0.05, 0.1) is 16.1 Å². The van der Waals surface area contributed by atoms with E-state index in [0.29, 0.717) is 16.9 Å². The lowest BCUT2D eigenvalue weighted by Crippen LogP contribution is -2.14. The van der Waals surface area contributed by atoms with E-state index in [4.69, 9.17) is 0 Å². The maximum absolute atomic E-state index is 13.2. The van der Waals surface area contributed by atoms with Crippen LogP contribution in [-0.4, -0.2) is 18.6 Å². The zero-order valence-electron chi connectivity index (χ0n) is 14.4. The fourth-order valence-corrected chi connectivity index (χ4v) is 4.27. The fourth-order valence-electron chi connectivity index (χ4n) is 2.97. The van der Waals surface area contributed by atoms with E-state index in [0.717, 1.165) is 16.5 Å². The van der Waals surface area contributed by atoms with E-state index >= 15 is 0 Å². The molecule has 0 bridgehead atoms. The maximum Gasteiger partial charge on any atom is 0.262 e. The van der Waals surface area contributed by atoms with Crippen molar-refractivity contribution in [2.45, 2.75) is 11.8 Å². The second kappa shape index (κ2) is 6.51. The van der Waals surface area contributed by atoms with Crippen molar-refractivity contribution < 1.29 is 12.8 Å². The molecule has 0 amide bonds. The molecule has 4 rings (SSSR count). The molecule has 1 heterocycles. The number of fused-ring (bicyclic) bond motifs is 1. The lowest BCUT2D eigenvalue weighted by molar-refractivity contribution is 0.600. The van der Waals surface area contributed by atoms with Crippen LogP contribution in [0.1, 0.15) is 5.56 Å². The van der Waals surface area contributed by atoms with Crippen molar-refractivity contribution in [2.75, 3.05) is 4.72 Å². The normalized spacial score (nSPS) is 11.6. The van der Waals surface area contributed by atoms with Gasteiger partial charge in [0.15, 0.2) is 0 Å². The topological polar surface area (TPSA) is 74.8 Å². The average Bonchev–Trinajstić information content (AvgIpc) is 3.05. The molecule has 4 aromatic rings. The number of rotatable bonds is 4. The predicted molar refractivity (Wildman–Crippen MR) is 103 cm³/mol. The molecule has 0 spiro atoms. The minimum atomic E-state index is -3.71. The van der Waals surface area contributed by atoms with Crippen molar-refractivity contribution in [3.05, 3.63) is 78.1 Å². The molecular formula is C20H16FN3O2S. The number of nitrogens with zero attached hydrogens (tertiary/aromatic N) is 1. The van der Waals surface area contributed by atoms with Crippen LogP contribution in [0.3, 0.4) is 0 Å². The van der Waals surface area contributed by atoms with Gasteiger partial charge in [0.1, 0.15) is 5.82 Å². The first-order valence-corrected chi connectivity index (χ1v) is 9.75. The smallest absolute Gasteiger partial charge is 0.262 e. The third-order valence-corrected chi connectivity index (χ3v) is 5.86. The number of hydrogen-bond acceptors (Lipinski definition) is 3. The van der Waals surface area contributed by atoms with Gasteiger partial charge in [-0.3, -0.25) is 9.82 Å². The SMILES string of the molecule is Cc1ccccc1S(=O)(=O)Nc1ccc2[nH]nc(-c3ccc(F)cc3)c2c1. The summed E-state index contributed by atoms with van der Waals surface area (Å²) in [7, 11) is -3.71. The number of benzene rings is 3. The van der Waals surface area contributed by atoms with Gasteiger partial charge in [0.25, 0.3) is 10.0 Å². The van der Waals surface area contributed by atoms with Gasteiger partial charge >= 0.3 is 0 Å². The number of sulfonamides is 1. The van der Waals surface area contributed by atoms with Crippen LogP contribution in [0.25, 0.3) is 22.2 Å². The second-order valence-corrected chi connectivity index (χ2v) is 7.86. The summed E-state index contributed by atoms with van der Waals surface area (Å²) in [4.78, 5) is 0.232. The molecule has 1 aromatic heterocycles. The number of halogens is 1. The van der Waals surface area contributed by atoms with Gasteiger partial charge in [-0.05, 0) is 61.0 Å². The molecule has 27 heavy (non-hydrogen) atoms. The van der Waals surface area contributed by atoms with E-state index in [2.05, 4.69) is 14.9 Å². The van der Waals surface area contributed by atoms with Crippen molar-refractivity contribution in [1.82, 2.24) is 10.2 Å². The highest BCUT2D eigenvalue weighted by Gasteiger charge is 2.17. The Morgan fingerprint density at radius 3 is 2.48 bits per heavy atom. The van der Waals surface area contributed by atoms with Gasteiger partial charge in [-0.25, -0.2) is 12.8 Å². The highest BCUT2D eigenvalue weighted by molar-refractivity contribution is 7.92. The Labute approximate surface area is 155 Å². The van der Waals surface area contributed by atoms with Crippen LogP contribution in [0.2, 0.25) is 0 Å². The molecule has 0 saturated heterocycles. The Morgan fingerprint density at radius 1 is 1.00 bits per heavy atom. The highest BCUT2D eigenvalue weighted by atomic mass is 32.2. The van der Waals surface area contributed by atoms with Gasteiger partial charge in [-0.15, -0.1) is 0 Å². The minimum absolute atomic E-state index is 0.232. The zero-order chi connectivity index (χ0) is 19.0. The standard InChI is InChI=1S/C20H16FN3O2S/c1-13-4-2-3-5-19(13)27(25,26)24-16-10-11-18-17(12-16)20(23-22-18)14-6-8-15(21)9-7-14/h2-12,24H,1H3,(H,22,23). The molecule has 0 aliphatic heterocycles. The first-order valence-electron chi connectivity index (χ1n) is 8.26. The molecule has 2 N–H and O–H groups in total. The average molecular weight is 381 g/mol. The third kappa shape index (κ3) is 3.29. The number of aromatic nitrogens is 2. The quantitative estimate of drug-likeness (QED) is 0.547. The number of aromatic amines is 1. The molecule has 0 aliphatic carbocycles. The molecule has 0 saturated carbocycles. The van der Waals surface area contributed by atoms with Gasteiger partial charge in [-0.1, -0.05) is 18.2 Å². The van der Waals surface area contributed by atoms with Crippen molar-refractivity contribution >= 4 is 26.6 Å². The van der Waals surface area contributed by atoms with Crippen LogP contribution in [0, 0.1) is 12.7 Å². The van der Waals surface area contributed by atoms with Crippen LogP contribution in [-0.2, 0) is 10.0 Å². The highest BCUT2D eigenvalue weighted by Crippen LogP contribution is 2.29. The zero-order valence-corrected chi connectivity index (χ0v) is 15.2. The Hall–Kier alpha value is -3.19. The van der Waals surface area contributed by atoms with Crippen LogP contribution in [0.4, 0.5) is 10.1 Å². The van der Waals surface area contributed by atoms with E-state index < -0.39 is 10.0 Å². The predicted octanol–water partition coefficient (Wildman–Crippen LogP) is 4.48. The number of aryl methyl sites for hydroxylation is 1. The second-order valence-electron chi connectivity index (χ2n) is 6.21. The first-order chi connectivity index (χ1) is 12.9. The molecule has 0 aliphatic rings. The molecular weight excluding hydrogens is 365 g/mol. The maximum atomic E-state index is 13.2. The van der Waals surface area contributed by atoms with Gasteiger partial charge in [0.2, 0.25) is 0 Å². The van der Waals surface area contributed by atoms with Crippen LogP contribution in [0.15, 0.2) is 71.6 Å². The van der Waals surface area contributed by atoms with Gasteiger partial charge in [0, 0.05) is 16.6 Å². The molecule has 136 valence electrons. The summed E-state index contributed by atoms with van der Waals surface area (Å²) in [6.45, 7) is 1.75. The minimum Gasteiger partial charge on any atom is -0.280 e. The van der Waals surface area contributed by atoms with Crippen molar-refractivity contribution in [3.8, 4) is 11.3 Å². The molecule has 0 radical (unpaired) electrons. The number of nitrogens with one attached hydrogen (secondary N) is 2.